The molecule has 0 aliphatic heterocycles. The lowest BCUT2D eigenvalue weighted by atomic mass is 9.89. The number of fused-ring (bicyclic) bond motifs is 1. The molecule has 0 saturated heterocycles. The van der Waals surface area contributed by atoms with E-state index in [0.717, 1.165) is 17.5 Å². The fourth-order valence-corrected chi connectivity index (χ4v) is 4.16. The van der Waals surface area contributed by atoms with E-state index in [-0.39, 0.29) is 6.54 Å². The molecule has 0 heterocycles. The fourth-order valence-electron chi connectivity index (χ4n) is 2.62. The van der Waals surface area contributed by atoms with Crippen LogP contribution in [0.5, 0.6) is 0 Å². The van der Waals surface area contributed by atoms with Gasteiger partial charge in [0.1, 0.15) is 11.4 Å². The molecule has 20 heavy (non-hydrogen) atoms. The molecule has 5 heteroatoms. The van der Waals surface area contributed by atoms with Crippen molar-refractivity contribution in [1.29, 1.82) is 0 Å². The Morgan fingerprint density at radius 3 is 2.95 bits per heavy atom. The first-order chi connectivity index (χ1) is 9.60. The van der Waals surface area contributed by atoms with Gasteiger partial charge in [-0.05, 0) is 30.0 Å². The van der Waals surface area contributed by atoms with Crippen LogP contribution in [0.4, 0.5) is 0 Å². The largest absolute Gasteiger partial charge is 0.375 e. The van der Waals surface area contributed by atoms with E-state index in [9.17, 15) is 8.42 Å². The number of hydrogen-bond acceptors (Lipinski definition) is 3. The van der Waals surface area contributed by atoms with Crippen LogP contribution in [0.3, 0.4) is 0 Å². The van der Waals surface area contributed by atoms with Crippen molar-refractivity contribution in [1.82, 2.24) is 4.72 Å². The van der Waals surface area contributed by atoms with Crippen molar-refractivity contribution in [3.63, 3.8) is 0 Å². The highest BCUT2D eigenvalue weighted by Gasteiger charge is 2.38. The zero-order valence-corrected chi connectivity index (χ0v) is 12.3. The van der Waals surface area contributed by atoms with E-state index < -0.39 is 21.4 Å². The molecule has 108 valence electrons. The molecule has 0 saturated carbocycles. The molecule has 1 aliphatic rings. The first-order valence-corrected chi connectivity index (χ1v) is 8.08. The Bertz CT molecular complexity index is 618. The Hall–Kier alpha value is -1.39. The smallest absolute Gasteiger partial charge is 0.217 e. The number of nitrogens with one attached hydrogen (secondary N) is 1. The number of ether oxygens (including phenoxy) is 1. The molecule has 0 radical (unpaired) electrons. The van der Waals surface area contributed by atoms with Crippen LogP contribution in [0, 0.1) is 0 Å². The average molecular weight is 293 g/mol. The van der Waals surface area contributed by atoms with Gasteiger partial charge in [-0.2, -0.15) is 0 Å². The first-order valence-electron chi connectivity index (χ1n) is 6.53. The number of methoxy groups -OCH3 is 1. The molecule has 0 amide bonds. The summed E-state index contributed by atoms with van der Waals surface area (Å²) in [7, 11) is -1.88. The Morgan fingerprint density at radius 2 is 2.25 bits per heavy atom. The van der Waals surface area contributed by atoms with Crippen LogP contribution >= 0.6 is 0 Å². The molecule has 2 atom stereocenters. The minimum absolute atomic E-state index is 0.209. The van der Waals surface area contributed by atoms with Crippen LogP contribution in [0.15, 0.2) is 42.7 Å². The van der Waals surface area contributed by atoms with E-state index in [0.29, 0.717) is 6.42 Å². The summed E-state index contributed by atoms with van der Waals surface area (Å²) in [6.07, 6.45) is 2.43. The van der Waals surface area contributed by atoms with Crippen molar-refractivity contribution in [3.8, 4) is 0 Å². The van der Waals surface area contributed by atoms with Crippen molar-refractivity contribution < 1.29 is 13.2 Å². The van der Waals surface area contributed by atoms with Gasteiger partial charge in [-0.15, -0.1) is 5.73 Å². The third-order valence-corrected chi connectivity index (χ3v) is 5.43. The summed E-state index contributed by atoms with van der Waals surface area (Å²) in [5.74, 6) is 0. The topological polar surface area (TPSA) is 55.4 Å². The zero-order chi connectivity index (χ0) is 14.6. The SMILES string of the molecule is C=C=CCNS(=O)(=O)[C@H]1CCc2ccccc2[C@@H]1OC. The number of aryl methyl sites for hydroxylation is 1. The quantitative estimate of drug-likeness (QED) is 0.844. The maximum absolute atomic E-state index is 12.4. The number of sulfonamides is 1. The lowest BCUT2D eigenvalue weighted by Gasteiger charge is -2.32. The highest BCUT2D eigenvalue weighted by Crippen LogP contribution is 2.35. The highest BCUT2D eigenvalue weighted by molar-refractivity contribution is 7.90. The summed E-state index contributed by atoms with van der Waals surface area (Å²) < 4.78 is 32.8. The molecule has 1 aromatic carbocycles. The van der Waals surface area contributed by atoms with Gasteiger partial charge in [-0.25, -0.2) is 13.1 Å². The van der Waals surface area contributed by atoms with Crippen molar-refractivity contribution in [2.75, 3.05) is 13.7 Å². The maximum atomic E-state index is 12.4. The molecule has 1 aliphatic carbocycles. The van der Waals surface area contributed by atoms with Crippen LogP contribution in [-0.4, -0.2) is 27.3 Å². The monoisotopic (exact) mass is 293 g/mol. The van der Waals surface area contributed by atoms with Gasteiger partial charge in [0.2, 0.25) is 10.0 Å². The van der Waals surface area contributed by atoms with Crippen LogP contribution in [-0.2, 0) is 21.2 Å². The number of benzene rings is 1. The van der Waals surface area contributed by atoms with Gasteiger partial charge in [-0.1, -0.05) is 30.8 Å². The molecule has 0 aromatic heterocycles. The van der Waals surface area contributed by atoms with Gasteiger partial charge in [0.15, 0.2) is 0 Å². The van der Waals surface area contributed by atoms with Crippen LogP contribution in [0.2, 0.25) is 0 Å². The van der Waals surface area contributed by atoms with E-state index in [1.54, 1.807) is 13.2 Å². The molecule has 1 N–H and O–H groups in total. The van der Waals surface area contributed by atoms with Gasteiger partial charge in [-0.3, -0.25) is 0 Å². The zero-order valence-electron chi connectivity index (χ0n) is 11.5. The Kier molecular flexibility index (Phi) is 4.78. The van der Waals surface area contributed by atoms with E-state index in [4.69, 9.17) is 4.74 Å². The van der Waals surface area contributed by atoms with Crippen LogP contribution in [0.25, 0.3) is 0 Å². The molecule has 4 nitrogen and oxygen atoms in total. The minimum atomic E-state index is -3.43. The second-order valence-corrected chi connectivity index (χ2v) is 6.72. The second-order valence-electron chi connectivity index (χ2n) is 4.73. The summed E-state index contributed by atoms with van der Waals surface area (Å²) in [5, 5.41) is -0.569. The van der Waals surface area contributed by atoms with Gasteiger partial charge >= 0.3 is 0 Å². The standard InChI is InChI=1S/C15H19NO3S/c1-3-4-11-16-20(17,18)14-10-9-12-7-5-6-8-13(12)15(14)19-2/h4-8,14-16H,1,9-11H2,2H3/t14-,15-/m0/s1. The van der Waals surface area contributed by atoms with E-state index in [1.165, 1.54) is 0 Å². The Labute approximate surface area is 120 Å². The van der Waals surface area contributed by atoms with Gasteiger partial charge < -0.3 is 4.74 Å². The average Bonchev–Trinajstić information content (AvgIpc) is 2.46. The summed E-state index contributed by atoms with van der Waals surface area (Å²) in [5.41, 5.74) is 4.68. The molecular weight excluding hydrogens is 274 g/mol. The van der Waals surface area contributed by atoms with Crippen molar-refractivity contribution in [2.45, 2.75) is 24.2 Å². The number of rotatable bonds is 5. The highest BCUT2D eigenvalue weighted by atomic mass is 32.2. The van der Waals surface area contributed by atoms with Crippen molar-refractivity contribution in [3.05, 3.63) is 53.8 Å². The normalized spacial score (nSPS) is 21.9. The van der Waals surface area contributed by atoms with E-state index in [2.05, 4.69) is 17.0 Å². The van der Waals surface area contributed by atoms with E-state index >= 15 is 0 Å². The summed E-state index contributed by atoms with van der Waals surface area (Å²) >= 11 is 0. The number of hydrogen-bond donors (Lipinski definition) is 1. The third kappa shape index (κ3) is 3.02. The molecule has 0 bridgehead atoms. The Balaban J connectivity index is 2.27. The predicted molar refractivity (Wildman–Crippen MR) is 78.9 cm³/mol. The van der Waals surface area contributed by atoms with Crippen molar-refractivity contribution >= 4 is 10.0 Å². The molecule has 0 spiro atoms. The predicted octanol–water partition coefficient (Wildman–Crippen LogP) is 1.95. The first kappa shape index (κ1) is 15.0. The lowest BCUT2D eigenvalue weighted by molar-refractivity contribution is 0.0904. The van der Waals surface area contributed by atoms with Crippen LogP contribution < -0.4 is 4.72 Å². The summed E-state index contributed by atoms with van der Waals surface area (Å²) in [6, 6.07) is 7.84. The molecule has 0 fully saturated rings. The van der Waals surface area contributed by atoms with Gasteiger partial charge in [0.25, 0.3) is 0 Å². The molecule has 0 unspecified atom stereocenters. The summed E-state index contributed by atoms with van der Waals surface area (Å²) in [6.45, 7) is 3.62. The van der Waals surface area contributed by atoms with Gasteiger partial charge in [0.05, 0.1) is 0 Å². The minimum Gasteiger partial charge on any atom is -0.375 e. The Morgan fingerprint density at radius 1 is 1.50 bits per heavy atom. The maximum Gasteiger partial charge on any atom is 0.217 e. The fraction of sp³-hybridized carbons (Fsp3) is 0.400. The third-order valence-electron chi connectivity index (χ3n) is 3.58. The summed E-state index contributed by atoms with van der Waals surface area (Å²) in [4.78, 5) is 0. The van der Waals surface area contributed by atoms with E-state index in [1.807, 2.05) is 24.3 Å². The van der Waals surface area contributed by atoms with Gasteiger partial charge in [0, 0.05) is 13.7 Å². The van der Waals surface area contributed by atoms with Crippen molar-refractivity contribution in [2.24, 2.45) is 0 Å². The lowest BCUT2D eigenvalue weighted by Crippen LogP contribution is -2.41. The second kappa shape index (κ2) is 6.37. The molecule has 1 aromatic rings. The molecule has 2 rings (SSSR count). The molecular formula is C15H19NO3S. The van der Waals surface area contributed by atoms with Crippen LogP contribution in [0.1, 0.15) is 23.7 Å².